The molecule has 0 bridgehead atoms. The fraction of sp³-hybridized carbons (Fsp3) is 1.00. The van der Waals surface area contributed by atoms with E-state index in [1.165, 1.54) is 0 Å². The number of sulfonamides is 1. The minimum Gasteiger partial charge on any atom is -0.394 e. The summed E-state index contributed by atoms with van der Waals surface area (Å²) < 4.78 is 52.5. The van der Waals surface area contributed by atoms with Gasteiger partial charge in [-0.1, -0.05) is 6.92 Å². The summed E-state index contributed by atoms with van der Waals surface area (Å²) in [6.45, 7) is 1.43. The number of fused-ring (bicyclic) bond motifs is 1. The van der Waals surface area contributed by atoms with E-state index < -0.39 is 26.9 Å². The second-order valence-corrected chi connectivity index (χ2v) is 8.36. The van der Waals surface area contributed by atoms with E-state index in [0.717, 1.165) is 6.26 Å². The predicted octanol–water partition coefficient (Wildman–Crippen LogP) is 1.50. The van der Waals surface area contributed by atoms with Gasteiger partial charge in [0, 0.05) is 12.8 Å². The molecule has 0 amide bonds. The molecule has 2 N–H and O–H groups in total. The van der Waals surface area contributed by atoms with Crippen molar-refractivity contribution in [3.05, 3.63) is 0 Å². The van der Waals surface area contributed by atoms with Gasteiger partial charge in [0.2, 0.25) is 15.9 Å². The van der Waals surface area contributed by atoms with Crippen molar-refractivity contribution < 1.29 is 22.3 Å². The van der Waals surface area contributed by atoms with Crippen LogP contribution in [0.4, 0.5) is 8.78 Å². The van der Waals surface area contributed by atoms with Gasteiger partial charge in [-0.25, -0.2) is 21.9 Å². The average Bonchev–Trinajstić information content (AvgIpc) is 2.45. The summed E-state index contributed by atoms with van der Waals surface area (Å²) in [6, 6.07) is 0. The highest BCUT2D eigenvalue weighted by atomic mass is 32.2. The monoisotopic (exact) mass is 297 g/mol. The smallest absolute Gasteiger partial charge is 0.248 e. The highest BCUT2D eigenvalue weighted by molar-refractivity contribution is 7.88. The van der Waals surface area contributed by atoms with E-state index in [1.807, 2.05) is 0 Å². The number of halogens is 2. The van der Waals surface area contributed by atoms with Crippen LogP contribution in [-0.4, -0.2) is 37.8 Å². The zero-order valence-electron chi connectivity index (χ0n) is 11.2. The highest BCUT2D eigenvalue weighted by Crippen LogP contribution is 2.59. The SMILES string of the molecule is C[C@@]12CC(F)(F)CC[C@H]1CC(CO)(NS(C)(=O)=O)C2. The molecule has 0 aromatic carbocycles. The molecule has 0 heterocycles. The van der Waals surface area contributed by atoms with Crippen LogP contribution in [0.15, 0.2) is 0 Å². The lowest BCUT2D eigenvalue weighted by Crippen LogP contribution is -2.49. The Kier molecular flexibility index (Phi) is 3.47. The Hall–Kier alpha value is -0.270. The zero-order valence-corrected chi connectivity index (χ0v) is 12.1. The first kappa shape index (κ1) is 15.1. The van der Waals surface area contributed by atoms with Gasteiger partial charge in [-0.3, -0.25) is 0 Å². The normalized spacial score (nSPS) is 42.1. The minimum atomic E-state index is -3.47. The Morgan fingerprint density at radius 3 is 2.53 bits per heavy atom. The van der Waals surface area contributed by atoms with E-state index in [1.54, 1.807) is 6.92 Å². The maximum Gasteiger partial charge on any atom is 0.248 e. The Morgan fingerprint density at radius 2 is 2.00 bits per heavy atom. The molecular formula is C12H21F2NO3S. The molecule has 2 aliphatic carbocycles. The number of alkyl halides is 2. The molecule has 0 saturated heterocycles. The third kappa shape index (κ3) is 3.08. The van der Waals surface area contributed by atoms with Crippen molar-refractivity contribution >= 4 is 10.0 Å². The van der Waals surface area contributed by atoms with Crippen molar-refractivity contribution in [1.82, 2.24) is 4.72 Å². The van der Waals surface area contributed by atoms with Gasteiger partial charge in [-0.15, -0.1) is 0 Å². The number of hydrogen-bond acceptors (Lipinski definition) is 3. The standard InChI is InChI=1S/C12H21F2NO3S/c1-10-6-11(8-16,15-19(2,17)18)5-9(10)3-4-12(13,14)7-10/h9,15-16H,3-8H2,1-2H3/t9-,10+,11?/m0/s1. The fourth-order valence-corrected chi connectivity index (χ4v) is 5.06. The maximum absolute atomic E-state index is 13.6. The van der Waals surface area contributed by atoms with Crippen molar-refractivity contribution in [2.45, 2.75) is 50.5 Å². The molecule has 2 fully saturated rings. The lowest BCUT2D eigenvalue weighted by molar-refractivity contribution is -0.0930. The Morgan fingerprint density at radius 1 is 1.37 bits per heavy atom. The molecule has 2 saturated carbocycles. The third-order valence-electron chi connectivity index (χ3n) is 4.59. The van der Waals surface area contributed by atoms with Crippen LogP contribution in [0.2, 0.25) is 0 Å². The van der Waals surface area contributed by atoms with Gasteiger partial charge in [0.1, 0.15) is 0 Å². The van der Waals surface area contributed by atoms with Crippen LogP contribution in [0.3, 0.4) is 0 Å². The zero-order chi connectivity index (χ0) is 14.5. The molecule has 19 heavy (non-hydrogen) atoms. The number of hydrogen-bond donors (Lipinski definition) is 2. The van der Waals surface area contributed by atoms with Crippen LogP contribution < -0.4 is 4.72 Å². The molecule has 2 rings (SSSR count). The predicted molar refractivity (Wildman–Crippen MR) is 67.4 cm³/mol. The van der Waals surface area contributed by atoms with Gasteiger partial charge >= 0.3 is 0 Å². The first-order valence-corrected chi connectivity index (χ1v) is 8.36. The van der Waals surface area contributed by atoms with Crippen molar-refractivity contribution in [2.24, 2.45) is 11.3 Å². The van der Waals surface area contributed by atoms with Crippen molar-refractivity contribution in [3.8, 4) is 0 Å². The van der Waals surface area contributed by atoms with E-state index in [2.05, 4.69) is 4.72 Å². The summed E-state index contributed by atoms with van der Waals surface area (Å²) >= 11 is 0. The summed E-state index contributed by atoms with van der Waals surface area (Å²) in [5.74, 6) is -2.64. The molecule has 7 heteroatoms. The lowest BCUT2D eigenvalue weighted by Gasteiger charge is -2.40. The number of aliphatic hydroxyl groups is 1. The fourth-order valence-electron chi connectivity index (χ4n) is 4.05. The Labute approximate surface area is 112 Å². The Balaban J connectivity index is 2.25. The van der Waals surface area contributed by atoms with Crippen LogP contribution in [0, 0.1) is 11.3 Å². The summed E-state index contributed by atoms with van der Waals surface area (Å²) in [6.07, 6.45) is 1.75. The molecule has 1 unspecified atom stereocenters. The molecule has 0 aromatic rings. The van der Waals surface area contributed by atoms with Gasteiger partial charge in [0.05, 0.1) is 18.4 Å². The van der Waals surface area contributed by atoms with Gasteiger partial charge in [-0.05, 0) is 30.6 Å². The quantitative estimate of drug-likeness (QED) is 0.829. The van der Waals surface area contributed by atoms with E-state index >= 15 is 0 Å². The molecule has 112 valence electrons. The summed E-state index contributed by atoms with van der Waals surface area (Å²) in [4.78, 5) is 0. The van der Waals surface area contributed by atoms with Gasteiger partial charge in [0.25, 0.3) is 0 Å². The second-order valence-electron chi connectivity index (χ2n) is 6.62. The highest BCUT2D eigenvalue weighted by Gasteiger charge is 2.58. The third-order valence-corrected chi connectivity index (χ3v) is 5.39. The van der Waals surface area contributed by atoms with E-state index in [0.29, 0.717) is 12.8 Å². The molecule has 0 aromatic heterocycles. The Bertz CT molecular complexity index is 468. The number of rotatable bonds is 3. The topological polar surface area (TPSA) is 66.4 Å². The van der Waals surface area contributed by atoms with Crippen LogP contribution in [-0.2, 0) is 10.0 Å². The number of aliphatic hydroxyl groups excluding tert-OH is 1. The first-order chi connectivity index (χ1) is 8.49. The molecule has 0 aliphatic heterocycles. The largest absolute Gasteiger partial charge is 0.394 e. The average molecular weight is 297 g/mol. The first-order valence-electron chi connectivity index (χ1n) is 6.47. The summed E-state index contributed by atoms with van der Waals surface area (Å²) in [5.41, 5.74) is -1.59. The maximum atomic E-state index is 13.6. The van der Waals surface area contributed by atoms with Gasteiger partial charge < -0.3 is 5.11 Å². The molecular weight excluding hydrogens is 276 g/mol. The van der Waals surface area contributed by atoms with Crippen LogP contribution in [0.5, 0.6) is 0 Å². The molecule has 0 radical (unpaired) electrons. The van der Waals surface area contributed by atoms with Crippen LogP contribution >= 0.6 is 0 Å². The number of nitrogens with one attached hydrogen (secondary N) is 1. The van der Waals surface area contributed by atoms with E-state index in [4.69, 9.17) is 0 Å². The molecule has 4 nitrogen and oxygen atoms in total. The minimum absolute atomic E-state index is 0.0357. The van der Waals surface area contributed by atoms with E-state index in [9.17, 15) is 22.3 Å². The van der Waals surface area contributed by atoms with Gasteiger partial charge in [0.15, 0.2) is 0 Å². The molecule has 3 atom stereocenters. The van der Waals surface area contributed by atoms with Crippen molar-refractivity contribution in [2.75, 3.05) is 12.9 Å². The lowest BCUT2D eigenvalue weighted by atomic mass is 9.68. The molecule has 2 aliphatic rings. The molecule has 0 spiro atoms. The summed E-state index contributed by atoms with van der Waals surface area (Å²) in [5, 5.41) is 9.56. The van der Waals surface area contributed by atoms with Crippen LogP contribution in [0.1, 0.15) is 39.0 Å². The van der Waals surface area contributed by atoms with Gasteiger partial charge in [-0.2, -0.15) is 0 Å². The van der Waals surface area contributed by atoms with Crippen LogP contribution in [0.25, 0.3) is 0 Å². The van der Waals surface area contributed by atoms with Crippen molar-refractivity contribution in [3.63, 3.8) is 0 Å². The second kappa shape index (κ2) is 4.36. The summed E-state index contributed by atoms with van der Waals surface area (Å²) in [7, 11) is -3.47. The van der Waals surface area contributed by atoms with E-state index in [-0.39, 0.29) is 31.8 Å². The van der Waals surface area contributed by atoms with Crippen molar-refractivity contribution in [1.29, 1.82) is 0 Å².